The van der Waals surface area contributed by atoms with Gasteiger partial charge in [0.2, 0.25) is 10.0 Å². The molecule has 0 saturated heterocycles. The van der Waals surface area contributed by atoms with Crippen molar-refractivity contribution in [3.8, 4) is 0 Å². The van der Waals surface area contributed by atoms with Crippen LogP contribution in [0.5, 0.6) is 0 Å². The highest BCUT2D eigenvalue weighted by Crippen LogP contribution is 1.98. The second-order valence-corrected chi connectivity index (χ2v) is 5.64. The molecule has 0 bridgehead atoms. The van der Waals surface area contributed by atoms with Gasteiger partial charge in [0, 0.05) is 18.5 Å². The van der Waals surface area contributed by atoms with Gasteiger partial charge in [0.1, 0.15) is 0 Å². The van der Waals surface area contributed by atoms with Gasteiger partial charge in [-0.05, 0) is 26.7 Å². The molecule has 0 aliphatic heterocycles. The maximum absolute atomic E-state index is 11.5. The standard InChI is InChI=1S/C9H20ClNO3S/c1-3-14-8-9(2)11-15(12,13)7-5-4-6-10/h9,11H,3-8H2,1-2H3. The Labute approximate surface area is 97.4 Å². The van der Waals surface area contributed by atoms with E-state index in [0.29, 0.717) is 25.5 Å². The molecule has 0 aliphatic rings. The number of ether oxygens (including phenoxy) is 1. The van der Waals surface area contributed by atoms with Crippen molar-refractivity contribution in [3.63, 3.8) is 0 Å². The van der Waals surface area contributed by atoms with Gasteiger partial charge in [0.15, 0.2) is 0 Å². The van der Waals surface area contributed by atoms with Crippen molar-refractivity contribution in [2.45, 2.75) is 32.7 Å². The highest BCUT2D eigenvalue weighted by molar-refractivity contribution is 7.89. The van der Waals surface area contributed by atoms with Crippen LogP contribution in [0.1, 0.15) is 26.7 Å². The van der Waals surface area contributed by atoms with E-state index in [2.05, 4.69) is 4.72 Å². The number of sulfonamides is 1. The molecule has 0 amide bonds. The van der Waals surface area contributed by atoms with Gasteiger partial charge in [-0.1, -0.05) is 0 Å². The molecule has 92 valence electrons. The first-order chi connectivity index (χ1) is 7.02. The minimum absolute atomic E-state index is 0.135. The fourth-order valence-electron chi connectivity index (χ4n) is 1.08. The zero-order valence-electron chi connectivity index (χ0n) is 9.33. The normalized spacial score (nSPS) is 14.1. The van der Waals surface area contributed by atoms with E-state index in [0.717, 1.165) is 6.42 Å². The summed E-state index contributed by atoms with van der Waals surface area (Å²) in [6, 6.07) is -0.175. The number of rotatable bonds is 9. The van der Waals surface area contributed by atoms with Gasteiger partial charge in [-0.25, -0.2) is 13.1 Å². The zero-order valence-corrected chi connectivity index (χ0v) is 10.9. The Hall–Kier alpha value is 0.160. The molecule has 15 heavy (non-hydrogen) atoms. The molecule has 0 aromatic heterocycles. The van der Waals surface area contributed by atoms with Crippen LogP contribution in [0.15, 0.2) is 0 Å². The monoisotopic (exact) mass is 257 g/mol. The lowest BCUT2D eigenvalue weighted by molar-refractivity contribution is 0.133. The van der Waals surface area contributed by atoms with Crippen molar-refractivity contribution < 1.29 is 13.2 Å². The number of hydrogen-bond donors (Lipinski definition) is 1. The maximum Gasteiger partial charge on any atom is 0.211 e. The van der Waals surface area contributed by atoms with Crippen molar-refractivity contribution in [2.24, 2.45) is 0 Å². The third kappa shape index (κ3) is 9.11. The number of halogens is 1. The van der Waals surface area contributed by atoms with E-state index in [1.54, 1.807) is 6.92 Å². The molecule has 1 atom stereocenters. The fourth-order valence-corrected chi connectivity index (χ4v) is 2.65. The summed E-state index contributed by atoms with van der Waals surface area (Å²) in [6.45, 7) is 4.67. The Morgan fingerprint density at radius 2 is 2.07 bits per heavy atom. The molecule has 0 heterocycles. The van der Waals surface area contributed by atoms with Crippen LogP contribution in [0.3, 0.4) is 0 Å². The Balaban J connectivity index is 3.81. The van der Waals surface area contributed by atoms with E-state index >= 15 is 0 Å². The van der Waals surface area contributed by atoms with Gasteiger partial charge in [0.25, 0.3) is 0 Å². The number of alkyl halides is 1. The Morgan fingerprint density at radius 3 is 2.60 bits per heavy atom. The third-order valence-corrected chi connectivity index (χ3v) is 3.60. The van der Waals surface area contributed by atoms with Gasteiger partial charge in [-0.15, -0.1) is 11.6 Å². The lowest BCUT2D eigenvalue weighted by atomic mass is 10.4. The average Bonchev–Trinajstić information content (AvgIpc) is 2.14. The van der Waals surface area contributed by atoms with Crippen LogP contribution in [0.2, 0.25) is 0 Å². The quantitative estimate of drug-likeness (QED) is 0.501. The van der Waals surface area contributed by atoms with E-state index in [1.165, 1.54) is 0 Å². The van der Waals surface area contributed by atoms with Gasteiger partial charge in [-0.2, -0.15) is 0 Å². The minimum atomic E-state index is -3.17. The lowest BCUT2D eigenvalue weighted by Crippen LogP contribution is -2.37. The summed E-state index contributed by atoms with van der Waals surface area (Å²) in [5, 5.41) is 0. The van der Waals surface area contributed by atoms with E-state index in [4.69, 9.17) is 16.3 Å². The Morgan fingerprint density at radius 1 is 1.40 bits per heavy atom. The summed E-state index contributed by atoms with van der Waals surface area (Å²) in [7, 11) is -3.17. The van der Waals surface area contributed by atoms with Gasteiger partial charge >= 0.3 is 0 Å². The molecule has 0 radical (unpaired) electrons. The molecule has 1 unspecified atom stereocenters. The molecular weight excluding hydrogens is 238 g/mol. The van der Waals surface area contributed by atoms with Crippen molar-refractivity contribution in [2.75, 3.05) is 24.8 Å². The van der Waals surface area contributed by atoms with Crippen LogP contribution >= 0.6 is 11.6 Å². The second kappa shape index (κ2) is 8.33. The molecule has 0 spiro atoms. The summed E-state index contributed by atoms with van der Waals surface area (Å²) in [6.07, 6.45) is 1.32. The topological polar surface area (TPSA) is 55.4 Å². The van der Waals surface area contributed by atoms with Crippen molar-refractivity contribution in [3.05, 3.63) is 0 Å². The Bertz CT molecular complexity index is 244. The Kier molecular flexibility index (Phi) is 8.42. The van der Waals surface area contributed by atoms with Crippen LogP contribution < -0.4 is 4.72 Å². The summed E-state index contributed by atoms with van der Waals surface area (Å²) < 4.78 is 30.6. The smallest absolute Gasteiger partial charge is 0.211 e. The second-order valence-electron chi connectivity index (χ2n) is 3.39. The fraction of sp³-hybridized carbons (Fsp3) is 1.00. The van der Waals surface area contributed by atoms with Gasteiger partial charge < -0.3 is 4.74 Å². The van der Waals surface area contributed by atoms with Crippen LogP contribution in [0, 0.1) is 0 Å². The van der Waals surface area contributed by atoms with Crippen LogP contribution in [-0.4, -0.2) is 39.3 Å². The SMILES string of the molecule is CCOCC(C)NS(=O)(=O)CCCCCl. The largest absolute Gasteiger partial charge is 0.380 e. The highest BCUT2D eigenvalue weighted by atomic mass is 35.5. The van der Waals surface area contributed by atoms with Crippen LogP contribution in [-0.2, 0) is 14.8 Å². The molecule has 0 aliphatic carbocycles. The van der Waals surface area contributed by atoms with Crippen LogP contribution in [0.4, 0.5) is 0 Å². The highest BCUT2D eigenvalue weighted by Gasteiger charge is 2.13. The lowest BCUT2D eigenvalue weighted by Gasteiger charge is -2.13. The number of hydrogen-bond acceptors (Lipinski definition) is 3. The maximum atomic E-state index is 11.5. The van der Waals surface area contributed by atoms with Crippen molar-refractivity contribution in [1.29, 1.82) is 0 Å². The van der Waals surface area contributed by atoms with E-state index in [-0.39, 0.29) is 11.8 Å². The van der Waals surface area contributed by atoms with Crippen molar-refractivity contribution >= 4 is 21.6 Å². The summed E-state index contributed by atoms with van der Waals surface area (Å²) in [5.41, 5.74) is 0. The first kappa shape index (κ1) is 15.2. The third-order valence-electron chi connectivity index (χ3n) is 1.75. The molecule has 1 N–H and O–H groups in total. The van der Waals surface area contributed by atoms with E-state index < -0.39 is 10.0 Å². The first-order valence-electron chi connectivity index (χ1n) is 5.15. The van der Waals surface area contributed by atoms with Crippen LogP contribution in [0.25, 0.3) is 0 Å². The number of unbranched alkanes of at least 4 members (excludes halogenated alkanes) is 1. The average molecular weight is 258 g/mol. The summed E-state index contributed by atoms with van der Waals surface area (Å²) >= 11 is 5.47. The summed E-state index contributed by atoms with van der Waals surface area (Å²) in [4.78, 5) is 0. The van der Waals surface area contributed by atoms with E-state index in [9.17, 15) is 8.42 Å². The molecular formula is C9H20ClNO3S. The molecule has 0 aromatic rings. The molecule has 0 saturated carbocycles. The molecule has 4 nitrogen and oxygen atoms in total. The zero-order chi connectivity index (χ0) is 11.7. The van der Waals surface area contributed by atoms with Crippen molar-refractivity contribution in [1.82, 2.24) is 4.72 Å². The first-order valence-corrected chi connectivity index (χ1v) is 7.34. The van der Waals surface area contributed by atoms with Gasteiger partial charge in [0.05, 0.1) is 12.4 Å². The summed E-state index contributed by atoms with van der Waals surface area (Å²) in [5.74, 6) is 0.639. The van der Waals surface area contributed by atoms with Gasteiger partial charge in [-0.3, -0.25) is 0 Å². The number of nitrogens with one attached hydrogen (secondary N) is 1. The predicted octanol–water partition coefficient (Wildman–Crippen LogP) is 1.35. The molecule has 0 aromatic carbocycles. The molecule has 0 fully saturated rings. The molecule has 6 heteroatoms. The minimum Gasteiger partial charge on any atom is -0.380 e. The predicted molar refractivity (Wildman–Crippen MR) is 62.8 cm³/mol. The van der Waals surface area contributed by atoms with E-state index in [1.807, 2.05) is 6.92 Å². The molecule has 0 rings (SSSR count).